The van der Waals surface area contributed by atoms with Crippen molar-refractivity contribution in [2.24, 2.45) is 0 Å². The van der Waals surface area contributed by atoms with Gasteiger partial charge in [-0.2, -0.15) is 0 Å². The molecule has 0 aromatic carbocycles. The third-order valence-electron chi connectivity index (χ3n) is 2.17. The SMILES string of the molecule is CC(F)CCN1CCOC(C)C1. The van der Waals surface area contributed by atoms with Crippen molar-refractivity contribution in [3.8, 4) is 0 Å². The van der Waals surface area contributed by atoms with Gasteiger partial charge in [0, 0.05) is 19.6 Å². The average molecular weight is 175 g/mol. The minimum absolute atomic E-state index is 0.314. The van der Waals surface area contributed by atoms with E-state index in [-0.39, 0.29) is 0 Å². The van der Waals surface area contributed by atoms with Gasteiger partial charge < -0.3 is 4.74 Å². The summed E-state index contributed by atoms with van der Waals surface area (Å²) < 4.78 is 17.9. The van der Waals surface area contributed by atoms with Crippen LogP contribution in [0.5, 0.6) is 0 Å². The molecule has 2 nitrogen and oxygen atoms in total. The highest BCUT2D eigenvalue weighted by Gasteiger charge is 2.16. The van der Waals surface area contributed by atoms with E-state index in [1.165, 1.54) is 0 Å². The fraction of sp³-hybridized carbons (Fsp3) is 1.00. The van der Waals surface area contributed by atoms with Crippen LogP contribution in [0.15, 0.2) is 0 Å². The predicted molar refractivity (Wildman–Crippen MR) is 47.0 cm³/mol. The van der Waals surface area contributed by atoms with E-state index < -0.39 is 6.17 Å². The van der Waals surface area contributed by atoms with E-state index in [0.29, 0.717) is 12.5 Å². The fourth-order valence-corrected chi connectivity index (χ4v) is 1.45. The second-order valence-electron chi connectivity index (χ2n) is 3.55. The maximum Gasteiger partial charge on any atom is 0.0985 e. The lowest BCUT2D eigenvalue weighted by Crippen LogP contribution is -2.41. The number of hydrogen-bond acceptors (Lipinski definition) is 2. The summed E-state index contributed by atoms with van der Waals surface area (Å²) in [5.74, 6) is 0. The lowest BCUT2D eigenvalue weighted by Gasteiger charge is -2.31. The van der Waals surface area contributed by atoms with E-state index >= 15 is 0 Å². The molecule has 0 saturated carbocycles. The van der Waals surface area contributed by atoms with Crippen LogP contribution in [0, 0.1) is 0 Å². The van der Waals surface area contributed by atoms with Gasteiger partial charge in [-0.15, -0.1) is 0 Å². The quantitative estimate of drug-likeness (QED) is 0.644. The molecule has 1 heterocycles. The Labute approximate surface area is 73.7 Å². The summed E-state index contributed by atoms with van der Waals surface area (Å²) in [4.78, 5) is 2.27. The maximum atomic E-state index is 12.5. The van der Waals surface area contributed by atoms with Gasteiger partial charge in [0.1, 0.15) is 0 Å². The van der Waals surface area contributed by atoms with E-state index in [0.717, 1.165) is 26.2 Å². The molecule has 0 bridgehead atoms. The summed E-state index contributed by atoms with van der Waals surface area (Å²) in [6.45, 7) is 7.24. The zero-order valence-electron chi connectivity index (χ0n) is 7.92. The second kappa shape index (κ2) is 4.77. The highest BCUT2D eigenvalue weighted by Crippen LogP contribution is 2.06. The zero-order chi connectivity index (χ0) is 8.97. The molecule has 0 radical (unpaired) electrons. The van der Waals surface area contributed by atoms with Gasteiger partial charge in [0.15, 0.2) is 0 Å². The largest absolute Gasteiger partial charge is 0.376 e. The Morgan fingerprint density at radius 1 is 1.67 bits per heavy atom. The Morgan fingerprint density at radius 3 is 3.00 bits per heavy atom. The third kappa shape index (κ3) is 3.50. The van der Waals surface area contributed by atoms with Crippen LogP contribution >= 0.6 is 0 Å². The van der Waals surface area contributed by atoms with Crippen LogP contribution in [0.1, 0.15) is 20.3 Å². The van der Waals surface area contributed by atoms with Gasteiger partial charge in [0.05, 0.1) is 18.9 Å². The lowest BCUT2D eigenvalue weighted by molar-refractivity contribution is -0.0199. The molecule has 3 heteroatoms. The Morgan fingerprint density at radius 2 is 2.42 bits per heavy atom. The second-order valence-corrected chi connectivity index (χ2v) is 3.55. The summed E-state index contributed by atoms with van der Waals surface area (Å²) in [6.07, 6.45) is 0.281. The number of halogens is 1. The van der Waals surface area contributed by atoms with Gasteiger partial charge in [-0.25, -0.2) is 4.39 Å². The van der Waals surface area contributed by atoms with Gasteiger partial charge in [0.2, 0.25) is 0 Å². The Balaban J connectivity index is 2.14. The van der Waals surface area contributed by atoms with E-state index in [9.17, 15) is 4.39 Å². The standard InChI is InChI=1S/C9H18FNO/c1-8(10)3-4-11-5-6-12-9(2)7-11/h8-9H,3-7H2,1-2H3. The summed E-state index contributed by atoms with van der Waals surface area (Å²) in [6, 6.07) is 0. The van der Waals surface area contributed by atoms with Crippen LogP contribution in [0.25, 0.3) is 0 Å². The molecule has 1 aliphatic heterocycles. The van der Waals surface area contributed by atoms with Gasteiger partial charge in [-0.1, -0.05) is 0 Å². The number of hydrogen-bond donors (Lipinski definition) is 0. The predicted octanol–water partition coefficient (Wildman–Crippen LogP) is 1.46. The number of alkyl halides is 1. The molecule has 0 aliphatic carbocycles. The van der Waals surface area contributed by atoms with E-state index in [1.54, 1.807) is 6.92 Å². The topological polar surface area (TPSA) is 12.5 Å². The fourth-order valence-electron chi connectivity index (χ4n) is 1.45. The highest BCUT2D eigenvalue weighted by atomic mass is 19.1. The van der Waals surface area contributed by atoms with Crippen molar-refractivity contribution in [1.29, 1.82) is 0 Å². The number of ether oxygens (including phenoxy) is 1. The smallest absolute Gasteiger partial charge is 0.0985 e. The van der Waals surface area contributed by atoms with Gasteiger partial charge >= 0.3 is 0 Å². The molecular formula is C9H18FNO. The normalized spacial score (nSPS) is 28.8. The average Bonchev–Trinajstić information content (AvgIpc) is 2.01. The molecule has 12 heavy (non-hydrogen) atoms. The van der Waals surface area contributed by atoms with E-state index in [1.807, 2.05) is 0 Å². The summed E-state index contributed by atoms with van der Waals surface area (Å²) in [5, 5.41) is 0. The highest BCUT2D eigenvalue weighted by molar-refractivity contribution is 4.68. The molecular weight excluding hydrogens is 157 g/mol. The number of nitrogens with zero attached hydrogens (tertiary/aromatic N) is 1. The molecule has 1 saturated heterocycles. The first kappa shape index (κ1) is 9.93. The van der Waals surface area contributed by atoms with Gasteiger partial charge in [-0.3, -0.25) is 4.90 Å². The lowest BCUT2D eigenvalue weighted by atomic mass is 10.2. The molecule has 1 rings (SSSR count). The molecule has 0 aromatic rings. The number of morpholine rings is 1. The zero-order valence-corrected chi connectivity index (χ0v) is 7.92. The van der Waals surface area contributed by atoms with E-state index in [4.69, 9.17) is 4.74 Å². The van der Waals surface area contributed by atoms with Crippen molar-refractivity contribution in [3.63, 3.8) is 0 Å². The van der Waals surface area contributed by atoms with Crippen molar-refractivity contribution >= 4 is 0 Å². The molecule has 0 N–H and O–H groups in total. The first-order chi connectivity index (χ1) is 5.68. The van der Waals surface area contributed by atoms with Crippen molar-refractivity contribution in [2.45, 2.75) is 32.5 Å². The number of rotatable bonds is 3. The molecule has 2 atom stereocenters. The van der Waals surface area contributed by atoms with Crippen molar-refractivity contribution in [2.75, 3.05) is 26.2 Å². The van der Waals surface area contributed by atoms with Crippen LogP contribution in [0.2, 0.25) is 0 Å². The monoisotopic (exact) mass is 175 g/mol. The maximum absolute atomic E-state index is 12.5. The van der Waals surface area contributed by atoms with E-state index in [2.05, 4.69) is 11.8 Å². The van der Waals surface area contributed by atoms with Crippen molar-refractivity contribution in [3.05, 3.63) is 0 Å². The van der Waals surface area contributed by atoms with Gasteiger partial charge in [0.25, 0.3) is 0 Å². The molecule has 2 unspecified atom stereocenters. The minimum Gasteiger partial charge on any atom is -0.376 e. The first-order valence-electron chi connectivity index (χ1n) is 4.66. The molecule has 1 fully saturated rings. The first-order valence-corrected chi connectivity index (χ1v) is 4.66. The summed E-state index contributed by atoms with van der Waals surface area (Å²) in [7, 11) is 0. The molecule has 72 valence electrons. The van der Waals surface area contributed by atoms with Crippen LogP contribution in [0.4, 0.5) is 4.39 Å². The molecule has 0 aromatic heterocycles. The van der Waals surface area contributed by atoms with Crippen molar-refractivity contribution in [1.82, 2.24) is 4.90 Å². The Bertz CT molecular complexity index is 130. The van der Waals surface area contributed by atoms with Crippen LogP contribution in [-0.4, -0.2) is 43.4 Å². The van der Waals surface area contributed by atoms with Crippen molar-refractivity contribution < 1.29 is 9.13 Å². The van der Waals surface area contributed by atoms with Gasteiger partial charge in [-0.05, 0) is 20.3 Å². The summed E-state index contributed by atoms with van der Waals surface area (Å²) >= 11 is 0. The third-order valence-corrected chi connectivity index (χ3v) is 2.17. The van der Waals surface area contributed by atoms with Crippen LogP contribution in [-0.2, 0) is 4.74 Å². The summed E-state index contributed by atoms with van der Waals surface area (Å²) in [5.41, 5.74) is 0. The van der Waals surface area contributed by atoms with Crippen LogP contribution < -0.4 is 0 Å². The molecule has 0 spiro atoms. The molecule has 1 aliphatic rings. The van der Waals surface area contributed by atoms with Crippen LogP contribution in [0.3, 0.4) is 0 Å². The minimum atomic E-state index is -0.678. The molecule has 0 amide bonds. The Hall–Kier alpha value is -0.150. The Kier molecular flexibility index (Phi) is 3.95.